The first-order chi connectivity index (χ1) is 13.6. The minimum Gasteiger partial charge on any atom is -0.494 e. The number of nitrogen functional groups attached to an aromatic ring is 1. The number of nitrogens with zero attached hydrogens (tertiary/aromatic N) is 1. The maximum atomic E-state index is 12.9. The van der Waals surface area contributed by atoms with E-state index >= 15 is 0 Å². The first-order valence-corrected chi connectivity index (χ1v) is 8.98. The van der Waals surface area contributed by atoms with Gasteiger partial charge in [-0.25, -0.2) is 0 Å². The van der Waals surface area contributed by atoms with Crippen LogP contribution in [0.4, 0.5) is 11.4 Å². The van der Waals surface area contributed by atoms with Crippen molar-refractivity contribution in [1.29, 1.82) is 0 Å². The molecule has 0 saturated heterocycles. The normalized spacial score (nSPS) is 12.8. The Morgan fingerprint density at radius 3 is 2.25 bits per heavy atom. The summed E-state index contributed by atoms with van der Waals surface area (Å²) in [6.45, 7) is 2.53. The Bertz CT molecular complexity index is 1120. The number of ether oxygens (including phenoxy) is 1. The van der Waals surface area contributed by atoms with Crippen LogP contribution in [0.2, 0.25) is 0 Å². The molecule has 28 heavy (non-hydrogen) atoms. The van der Waals surface area contributed by atoms with E-state index in [1.54, 1.807) is 42.6 Å². The van der Waals surface area contributed by atoms with Crippen molar-refractivity contribution in [2.24, 2.45) is 4.99 Å². The molecule has 138 valence electrons. The van der Waals surface area contributed by atoms with Crippen LogP contribution >= 0.6 is 0 Å². The number of nitrogens with two attached hydrogens (primary N) is 1. The van der Waals surface area contributed by atoms with E-state index in [2.05, 4.69) is 4.99 Å². The Morgan fingerprint density at radius 2 is 1.57 bits per heavy atom. The first kappa shape index (κ1) is 17.7. The third-order valence-electron chi connectivity index (χ3n) is 4.67. The molecule has 1 aliphatic carbocycles. The van der Waals surface area contributed by atoms with Gasteiger partial charge in [-0.05, 0) is 37.3 Å². The van der Waals surface area contributed by atoms with Crippen LogP contribution in [0.5, 0.6) is 5.75 Å². The summed E-state index contributed by atoms with van der Waals surface area (Å²) >= 11 is 0. The van der Waals surface area contributed by atoms with Crippen molar-refractivity contribution < 1.29 is 14.3 Å². The highest BCUT2D eigenvalue weighted by atomic mass is 16.5. The van der Waals surface area contributed by atoms with Gasteiger partial charge in [-0.2, -0.15) is 0 Å². The van der Waals surface area contributed by atoms with E-state index < -0.39 is 0 Å². The van der Waals surface area contributed by atoms with Crippen LogP contribution in [0, 0.1) is 0 Å². The minimum atomic E-state index is -0.237. The predicted octanol–water partition coefficient (Wildman–Crippen LogP) is 4.19. The molecular formula is C23H18N2O3. The summed E-state index contributed by atoms with van der Waals surface area (Å²) in [5.74, 6) is 0.350. The van der Waals surface area contributed by atoms with Gasteiger partial charge in [0.05, 0.1) is 23.5 Å². The number of hydrogen-bond acceptors (Lipinski definition) is 5. The second kappa shape index (κ2) is 7.12. The van der Waals surface area contributed by atoms with E-state index in [1.807, 2.05) is 31.2 Å². The lowest BCUT2D eigenvalue weighted by Gasteiger charge is -2.19. The molecule has 0 atom stereocenters. The highest BCUT2D eigenvalue weighted by Crippen LogP contribution is 2.32. The second-order valence-electron chi connectivity index (χ2n) is 6.38. The summed E-state index contributed by atoms with van der Waals surface area (Å²) < 4.78 is 5.41. The Labute approximate surface area is 162 Å². The summed E-state index contributed by atoms with van der Waals surface area (Å²) in [6, 6.07) is 17.5. The molecule has 4 rings (SSSR count). The van der Waals surface area contributed by atoms with Crippen molar-refractivity contribution in [3.05, 3.63) is 88.5 Å². The molecule has 2 N–H and O–H groups in total. The lowest BCUT2D eigenvalue weighted by molar-refractivity contribution is 0.0979. The van der Waals surface area contributed by atoms with Gasteiger partial charge >= 0.3 is 0 Å². The molecule has 0 aromatic heterocycles. The Balaban J connectivity index is 1.69. The third-order valence-corrected chi connectivity index (χ3v) is 4.67. The van der Waals surface area contributed by atoms with Gasteiger partial charge in [0.25, 0.3) is 0 Å². The molecule has 0 heterocycles. The number of benzene rings is 3. The Morgan fingerprint density at radius 1 is 0.893 bits per heavy atom. The molecule has 0 amide bonds. The summed E-state index contributed by atoms with van der Waals surface area (Å²) in [7, 11) is 0. The molecule has 0 radical (unpaired) electrons. The average Bonchev–Trinajstić information content (AvgIpc) is 2.72. The van der Waals surface area contributed by atoms with E-state index in [-0.39, 0.29) is 22.8 Å². The molecule has 0 spiro atoms. The Kier molecular flexibility index (Phi) is 4.49. The number of fused-ring (bicyclic) bond motifs is 2. The lowest BCUT2D eigenvalue weighted by Crippen LogP contribution is -2.22. The smallest absolute Gasteiger partial charge is 0.196 e. The van der Waals surface area contributed by atoms with E-state index in [0.717, 1.165) is 11.4 Å². The van der Waals surface area contributed by atoms with Crippen LogP contribution in [-0.4, -0.2) is 24.4 Å². The molecule has 0 aliphatic heterocycles. The van der Waals surface area contributed by atoms with Crippen LogP contribution < -0.4 is 10.5 Å². The van der Waals surface area contributed by atoms with Crippen LogP contribution in [-0.2, 0) is 0 Å². The molecule has 3 aromatic carbocycles. The summed E-state index contributed by atoms with van der Waals surface area (Å²) in [5, 5.41) is 0. The average molecular weight is 370 g/mol. The number of anilines is 1. The van der Waals surface area contributed by atoms with Crippen LogP contribution in [0.3, 0.4) is 0 Å². The third kappa shape index (κ3) is 2.97. The summed E-state index contributed by atoms with van der Waals surface area (Å²) in [4.78, 5) is 30.1. The molecule has 3 aromatic rings. The van der Waals surface area contributed by atoms with Crippen molar-refractivity contribution in [2.75, 3.05) is 12.3 Å². The molecule has 1 aliphatic rings. The zero-order chi connectivity index (χ0) is 19.7. The molecule has 5 nitrogen and oxygen atoms in total. The maximum Gasteiger partial charge on any atom is 0.196 e. The van der Waals surface area contributed by atoms with Gasteiger partial charge in [-0.1, -0.05) is 30.3 Å². The number of ketones is 2. The zero-order valence-corrected chi connectivity index (χ0v) is 15.3. The van der Waals surface area contributed by atoms with Crippen molar-refractivity contribution >= 4 is 29.2 Å². The monoisotopic (exact) mass is 370 g/mol. The van der Waals surface area contributed by atoms with Gasteiger partial charge in [0.2, 0.25) is 0 Å². The quantitative estimate of drug-likeness (QED) is 0.431. The second-order valence-corrected chi connectivity index (χ2v) is 6.38. The van der Waals surface area contributed by atoms with Crippen molar-refractivity contribution in [1.82, 2.24) is 0 Å². The maximum absolute atomic E-state index is 12.9. The zero-order valence-electron chi connectivity index (χ0n) is 15.3. The van der Waals surface area contributed by atoms with Crippen LogP contribution in [0.1, 0.15) is 44.3 Å². The molecule has 0 fully saturated rings. The summed E-state index contributed by atoms with van der Waals surface area (Å²) in [6.07, 6.45) is 1.60. The topological polar surface area (TPSA) is 81.8 Å². The standard InChI is InChI=1S/C23H18N2O3/c1-2-28-16-10-8-15(9-11-16)25-13-14-7-12-19-20(21(14)24)23(27)18-6-4-3-5-17(18)22(19)26/h3-13H,2,24H2,1H3. The van der Waals surface area contributed by atoms with Gasteiger partial charge in [0, 0.05) is 28.5 Å². The number of rotatable bonds is 4. The lowest BCUT2D eigenvalue weighted by atomic mass is 9.82. The fourth-order valence-corrected chi connectivity index (χ4v) is 3.28. The van der Waals surface area contributed by atoms with Crippen molar-refractivity contribution in [3.8, 4) is 5.75 Å². The molecule has 0 bridgehead atoms. The van der Waals surface area contributed by atoms with Gasteiger partial charge in [0.1, 0.15) is 5.75 Å². The number of carbonyl (C=O) groups excluding carboxylic acids is 2. The molecule has 5 heteroatoms. The number of carbonyl (C=O) groups is 2. The first-order valence-electron chi connectivity index (χ1n) is 8.98. The fourth-order valence-electron chi connectivity index (χ4n) is 3.28. The predicted molar refractivity (Wildman–Crippen MR) is 109 cm³/mol. The highest BCUT2D eigenvalue weighted by Gasteiger charge is 2.31. The molecule has 0 saturated carbocycles. The van der Waals surface area contributed by atoms with Crippen LogP contribution in [0.15, 0.2) is 65.7 Å². The highest BCUT2D eigenvalue weighted by molar-refractivity contribution is 6.30. The molecule has 0 unspecified atom stereocenters. The summed E-state index contributed by atoms with van der Waals surface area (Å²) in [5.41, 5.74) is 9.22. The van der Waals surface area contributed by atoms with Crippen molar-refractivity contribution in [3.63, 3.8) is 0 Å². The fraction of sp³-hybridized carbons (Fsp3) is 0.0870. The van der Waals surface area contributed by atoms with E-state index in [4.69, 9.17) is 10.5 Å². The van der Waals surface area contributed by atoms with E-state index in [0.29, 0.717) is 28.9 Å². The van der Waals surface area contributed by atoms with Gasteiger partial charge in [-0.15, -0.1) is 0 Å². The number of hydrogen-bond donors (Lipinski definition) is 1. The van der Waals surface area contributed by atoms with E-state index in [1.165, 1.54) is 0 Å². The Hall–Kier alpha value is -3.73. The van der Waals surface area contributed by atoms with Crippen LogP contribution in [0.25, 0.3) is 0 Å². The minimum absolute atomic E-state index is 0.188. The van der Waals surface area contributed by atoms with Gasteiger partial charge in [-0.3, -0.25) is 14.6 Å². The SMILES string of the molecule is CCOc1ccc(N=Cc2ccc3c(c2N)C(=O)c2ccccc2C3=O)cc1. The number of aliphatic imine (C=N–C) groups is 1. The molecular weight excluding hydrogens is 352 g/mol. The van der Waals surface area contributed by atoms with E-state index in [9.17, 15) is 9.59 Å². The largest absolute Gasteiger partial charge is 0.494 e. The van der Waals surface area contributed by atoms with Gasteiger partial charge < -0.3 is 10.5 Å². The van der Waals surface area contributed by atoms with Crippen molar-refractivity contribution in [2.45, 2.75) is 6.92 Å². The van der Waals surface area contributed by atoms with Gasteiger partial charge in [0.15, 0.2) is 11.6 Å².